The van der Waals surface area contributed by atoms with Crippen LogP contribution in [0.3, 0.4) is 0 Å². The summed E-state index contributed by atoms with van der Waals surface area (Å²) in [6, 6.07) is 27.6. The molecule has 0 aliphatic rings. The van der Waals surface area contributed by atoms with Gasteiger partial charge in [-0.25, -0.2) is 8.42 Å². The van der Waals surface area contributed by atoms with E-state index in [1.165, 1.54) is 24.3 Å². The fraction of sp³-hybridized carbons (Fsp3) is 0.107. The molecule has 184 valence electrons. The zero-order valence-electron chi connectivity index (χ0n) is 19.9. The second-order valence-corrected chi connectivity index (χ2v) is 9.81. The molecule has 0 atom stereocenters. The van der Waals surface area contributed by atoms with Gasteiger partial charge in [0.25, 0.3) is 15.9 Å². The number of carbonyl (C=O) groups is 1. The lowest BCUT2D eigenvalue weighted by Crippen LogP contribution is -2.20. The zero-order chi connectivity index (χ0) is 25.5. The summed E-state index contributed by atoms with van der Waals surface area (Å²) in [6.45, 7) is 3.63. The third-order valence-corrected chi connectivity index (χ3v) is 6.79. The van der Waals surface area contributed by atoms with Crippen LogP contribution in [0, 0.1) is 13.8 Å². The van der Waals surface area contributed by atoms with Crippen LogP contribution in [-0.2, 0) is 14.8 Å². The molecule has 36 heavy (non-hydrogen) atoms. The van der Waals surface area contributed by atoms with E-state index in [0.717, 1.165) is 11.1 Å². The number of hydrogen-bond donors (Lipinski definition) is 2. The van der Waals surface area contributed by atoms with Gasteiger partial charge in [-0.05, 0) is 85.6 Å². The smallest absolute Gasteiger partial charge is 0.262 e. The van der Waals surface area contributed by atoms with Gasteiger partial charge in [0.2, 0.25) is 0 Å². The Labute approximate surface area is 210 Å². The van der Waals surface area contributed by atoms with Gasteiger partial charge < -0.3 is 14.8 Å². The molecule has 0 heterocycles. The van der Waals surface area contributed by atoms with E-state index in [9.17, 15) is 13.2 Å². The van der Waals surface area contributed by atoms with Gasteiger partial charge in [0.15, 0.2) is 12.4 Å². The molecule has 4 aromatic carbocycles. The van der Waals surface area contributed by atoms with Gasteiger partial charge in [0.05, 0.1) is 10.6 Å². The van der Waals surface area contributed by atoms with Crippen molar-refractivity contribution in [1.29, 1.82) is 0 Å². The summed E-state index contributed by atoms with van der Waals surface area (Å²) in [6.07, 6.45) is 0. The zero-order valence-corrected chi connectivity index (χ0v) is 20.7. The number of nitrogens with one attached hydrogen (secondary N) is 2. The number of rotatable bonds is 9. The first-order chi connectivity index (χ1) is 17.3. The number of para-hydroxylation sites is 3. The first-order valence-electron chi connectivity index (χ1n) is 11.2. The molecule has 0 aromatic heterocycles. The van der Waals surface area contributed by atoms with E-state index in [1.807, 2.05) is 56.3 Å². The number of hydrogen-bond acceptors (Lipinski definition) is 5. The van der Waals surface area contributed by atoms with Crippen molar-refractivity contribution in [1.82, 2.24) is 0 Å². The topological polar surface area (TPSA) is 93.7 Å². The Morgan fingerprint density at radius 1 is 0.778 bits per heavy atom. The average molecular weight is 503 g/mol. The molecule has 8 heteroatoms. The Balaban J connectivity index is 1.35. The van der Waals surface area contributed by atoms with E-state index in [-0.39, 0.29) is 17.4 Å². The first kappa shape index (κ1) is 24.8. The second-order valence-electron chi connectivity index (χ2n) is 8.12. The van der Waals surface area contributed by atoms with E-state index in [2.05, 4.69) is 10.0 Å². The lowest BCUT2D eigenvalue weighted by molar-refractivity contribution is -0.118. The van der Waals surface area contributed by atoms with Gasteiger partial charge >= 0.3 is 0 Å². The Bertz CT molecular complexity index is 1450. The molecule has 0 saturated heterocycles. The van der Waals surface area contributed by atoms with Crippen molar-refractivity contribution in [2.75, 3.05) is 16.6 Å². The molecular formula is C28H26N2O5S. The van der Waals surface area contributed by atoms with Crippen molar-refractivity contribution in [2.24, 2.45) is 0 Å². The Hall–Kier alpha value is -4.30. The van der Waals surface area contributed by atoms with Crippen LogP contribution >= 0.6 is 0 Å². The van der Waals surface area contributed by atoms with Crippen LogP contribution in [-0.4, -0.2) is 20.9 Å². The van der Waals surface area contributed by atoms with Gasteiger partial charge in [-0.2, -0.15) is 0 Å². The number of sulfonamides is 1. The SMILES string of the molecule is Cc1ccc(NS(=O)(=O)c2ccc(OCC(=O)Nc3ccccc3Oc3ccccc3)cc2)cc1C. The van der Waals surface area contributed by atoms with E-state index in [0.29, 0.717) is 28.6 Å². The maximum atomic E-state index is 12.7. The summed E-state index contributed by atoms with van der Waals surface area (Å²) < 4.78 is 39.4. The molecule has 0 radical (unpaired) electrons. The third-order valence-electron chi connectivity index (χ3n) is 5.40. The second kappa shape index (κ2) is 11.0. The number of aryl methyl sites for hydroxylation is 2. The van der Waals surface area contributed by atoms with Crippen LogP contribution in [0.4, 0.5) is 11.4 Å². The minimum absolute atomic E-state index is 0.0875. The summed E-state index contributed by atoms with van der Waals surface area (Å²) in [5.41, 5.74) is 3.07. The standard InChI is InChI=1S/C28H26N2O5S/c1-20-12-13-22(18-21(20)2)30-36(32,33)25-16-14-23(15-17-25)34-19-28(31)29-26-10-6-7-11-27(26)35-24-8-4-3-5-9-24/h3-18,30H,19H2,1-2H3,(H,29,31). The Kier molecular flexibility index (Phi) is 7.56. The summed E-state index contributed by atoms with van der Waals surface area (Å²) in [4.78, 5) is 12.6. The normalized spacial score (nSPS) is 10.9. The number of amides is 1. The summed E-state index contributed by atoms with van der Waals surface area (Å²) in [5, 5.41) is 2.78. The van der Waals surface area contributed by atoms with Gasteiger partial charge in [0.1, 0.15) is 11.5 Å². The van der Waals surface area contributed by atoms with Crippen LogP contribution in [0.2, 0.25) is 0 Å². The van der Waals surface area contributed by atoms with Crippen molar-refractivity contribution < 1.29 is 22.7 Å². The molecule has 0 fully saturated rings. The molecular weight excluding hydrogens is 476 g/mol. The minimum Gasteiger partial charge on any atom is -0.484 e. The van der Waals surface area contributed by atoms with Crippen LogP contribution in [0.1, 0.15) is 11.1 Å². The van der Waals surface area contributed by atoms with Crippen molar-refractivity contribution in [3.63, 3.8) is 0 Å². The highest BCUT2D eigenvalue weighted by Gasteiger charge is 2.15. The molecule has 7 nitrogen and oxygen atoms in total. The Morgan fingerprint density at radius 3 is 2.19 bits per heavy atom. The highest BCUT2D eigenvalue weighted by atomic mass is 32.2. The molecule has 0 unspecified atom stereocenters. The molecule has 0 saturated carbocycles. The lowest BCUT2D eigenvalue weighted by atomic mass is 10.1. The highest BCUT2D eigenvalue weighted by molar-refractivity contribution is 7.92. The first-order valence-corrected chi connectivity index (χ1v) is 12.7. The summed E-state index contributed by atoms with van der Waals surface area (Å²) >= 11 is 0. The third kappa shape index (κ3) is 6.43. The average Bonchev–Trinajstić information content (AvgIpc) is 2.87. The van der Waals surface area contributed by atoms with Gasteiger partial charge in [0, 0.05) is 5.69 Å². The maximum Gasteiger partial charge on any atom is 0.262 e. The predicted octanol–water partition coefficient (Wildman–Crippen LogP) is 5.91. The van der Waals surface area contributed by atoms with Crippen LogP contribution in [0.15, 0.2) is 102 Å². The highest BCUT2D eigenvalue weighted by Crippen LogP contribution is 2.29. The van der Waals surface area contributed by atoms with Gasteiger partial charge in [-0.15, -0.1) is 0 Å². The van der Waals surface area contributed by atoms with Gasteiger partial charge in [-0.3, -0.25) is 9.52 Å². The number of ether oxygens (including phenoxy) is 2. The maximum absolute atomic E-state index is 12.7. The molecule has 1 amide bonds. The van der Waals surface area contributed by atoms with E-state index < -0.39 is 10.0 Å². The number of carbonyl (C=O) groups excluding carboxylic acids is 1. The molecule has 0 aliphatic carbocycles. The van der Waals surface area contributed by atoms with Crippen molar-refractivity contribution in [3.05, 3.63) is 108 Å². The van der Waals surface area contributed by atoms with Gasteiger partial charge in [-0.1, -0.05) is 36.4 Å². The van der Waals surface area contributed by atoms with Crippen molar-refractivity contribution in [2.45, 2.75) is 18.7 Å². The fourth-order valence-electron chi connectivity index (χ4n) is 3.34. The van der Waals surface area contributed by atoms with Crippen LogP contribution in [0.25, 0.3) is 0 Å². The monoisotopic (exact) mass is 502 g/mol. The minimum atomic E-state index is -3.76. The molecule has 2 N–H and O–H groups in total. The van der Waals surface area contributed by atoms with E-state index in [1.54, 1.807) is 30.3 Å². The van der Waals surface area contributed by atoms with E-state index >= 15 is 0 Å². The number of anilines is 2. The van der Waals surface area contributed by atoms with Crippen LogP contribution < -0.4 is 19.5 Å². The molecule has 0 spiro atoms. The quantitative estimate of drug-likeness (QED) is 0.297. The fourth-order valence-corrected chi connectivity index (χ4v) is 4.39. The van der Waals surface area contributed by atoms with Crippen molar-refractivity contribution >= 4 is 27.3 Å². The van der Waals surface area contributed by atoms with E-state index in [4.69, 9.17) is 9.47 Å². The predicted molar refractivity (Wildman–Crippen MR) is 140 cm³/mol. The summed E-state index contributed by atoms with van der Waals surface area (Å²) in [7, 11) is -3.76. The number of benzene rings is 4. The van der Waals surface area contributed by atoms with Crippen molar-refractivity contribution in [3.8, 4) is 17.2 Å². The molecule has 4 aromatic rings. The molecule has 0 aliphatic heterocycles. The molecule has 0 bridgehead atoms. The summed E-state index contributed by atoms with van der Waals surface area (Å²) in [5.74, 6) is 1.14. The lowest BCUT2D eigenvalue weighted by Gasteiger charge is -2.13. The van der Waals surface area contributed by atoms with Crippen LogP contribution in [0.5, 0.6) is 17.2 Å². The largest absolute Gasteiger partial charge is 0.484 e. The Morgan fingerprint density at radius 2 is 1.47 bits per heavy atom. The molecule has 4 rings (SSSR count).